The van der Waals surface area contributed by atoms with Gasteiger partial charge in [0.15, 0.2) is 0 Å². The Morgan fingerprint density at radius 3 is 2.33 bits per heavy atom. The number of benzene rings is 1. The fraction of sp³-hybridized carbons (Fsp3) is 0.684. The minimum Gasteiger partial charge on any atom is -0.307 e. The third kappa shape index (κ3) is 4.81. The summed E-state index contributed by atoms with van der Waals surface area (Å²) in [6.45, 7) is 9.28. The molecule has 118 valence electrons. The molecular formula is C19H30FN. The van der Waals surface area contributed by atoms with E-state index in [9.17, 15) is 4.39 Å². The molecule has 3 unspecified atom stereocenters. The van der Waals surface area contributed by atoms with E-state index in [4.69, 9.17) is 0 Å². The van der Waals surface area contributed by atoms with Crippen molar-refractivity contribution in [1.29, 1.82) is 0 Å². The standard InChI is InChI=1S/C19H30FN/c1-14(15-8-11-17(20)12-9-15)21-18-7-5-6-16(10-13-18)19(2,3)4/h8-9,11-12,14,16,18,21H,5-7,10,13H2,1-4H3. The molecule has 0 bridgehead atoms. The van der Waals surface area contributed by atoms with Gasteiger partial charge in [-0.05, 0) is 61.6 Å². The second-order valence-corrected chi connectivity index (χ2v) is 7.71. The highest BCUT2D eigenvalue weighted by atomic mass is 19.1. The summed E-state index contributed by atoms with van der Waals surface area (Å²) in [4.78, 5) is 0. The summed E-state index contributed by atoms with van der Waals surface area (Å²) in [5.41, 5.74) is 1.60. The van der Waals surface area contributed by atoms with Crippen LogP contribution in [0.25, 0.3) is 0 Å². The van der Waals surface area contributed by atoms with Gasteiger partial charge in [0, 0.05) is 12.1 Å². The van der Waals surface area contributed by atoms with Gasteiger partial charge in [-0.1, -0.05) is 39.3 Å². The Balaban J connectivity index is 1.90. The van der Waals surface area contributed by atoms with Crippen LogP contribution in [0.4, 0.5) is 4.39 Å². The number of hydrogen-bond acceptors (Lipinski definition) is 1. The maximum atomic E-state index is 13.0. The van der Waals surface area contributed by atoms with E-state index < -0.39 is 0 Å². The predicted octanol–water partition coefficient (Wildman–Crippen LogP) is 5.47. The molecule has 2 rings (SSSR count). The Morgan fingerprint density at radius 2 is 1.71 bits per heavy atom. The van der Waals surface area contributed by atoms with E-state index in [0.717, 1.165) is 5.92 Å². The SMILES string of the molecule is CC(NC1CCCC(C(C)(C)C)CC1)c1ccc(F)cc1. The maximum Gasteiger partial charge on any atom is 0.123 e. The second kappa shape index (κ2) is 6.91. The highest BCUT2D eigenvalue weighted by Crippen LogP contribution is 2.37. The van der Waals surface area contributed by atoms with Crippen LogP contribution in [0, 0.1) is 17.2 Å². The molecule has 0 radical (unpaired) electrons. The monoisotopic (exact) mass is 291 g/mol. The number of nitrogens with one attached hydrogen (secondary N) is 1. The minimum absolute atomic E-state index is 0.159. The zero-order valence-electron chi connectivity index (χ0n) is 14.0. The van der Waals surface area contributed by atoms with Crippen molar-refractivity contribution in [1.82, 2.24) is 5.32 Å². The van der Waals surface area contributed by atoms with Crippen molar-refractivity contribution in [2.24, 2.45) is 11.3 Å². The van der Waals surface area contributed by atoms with Gasteiger partial charge in [-0.25, -0.2) is 4.39 Å². The molecule has 0 heterocycles. The third-order valence-electron chi connectivity index (χ3n) is 5.05. The van der Waals surface area contributed by atoms with Gasteiger partial charge in [0.2, 0.25) is 0 Å². The van der Waals surface area contributed by atoms with Crippen LogP contribution in [0.1, 0.15) is 71.4 Å². The van der Waals surface area contributed by atoms with E-state index in [1.807, 2.05) is 12.1 Å². The minimum atomic E-state index is -0.159. The topological polar surface area (TPSA) is 12.0 Å². The lowest BCUT2D eigenvalue weighted by atomic mass is 9.76. The molecule has 3 atom stereocenters. The average molecular weight is 291 g/mol. The van der Waals surface area contributed by atoms with Gasteiger partial charge in [0.1, 0.15) is 5.82 Å². The first-order valence-corrected chi connectivity index (χ1v) is 8.38. The van der Waals surface area contributed by atoms with Crippen molar-refractivity contribution in [3.8, 4) is 0 Å². The molecule has 1 N–H and O–H groups in total. The highest BCUT2D eigenvalue weighted by Gasteiger charge is 2.28. The Labute approximate surface area is 129 Å². The van der Waals surface area contributed by atoms with Crippen LogP contribution < -0.4 is 5.32 Å². The second-order valence-electron chi connectivity index (χ2n) is 7.71. The smallest absolute Gasteiger partial charge is 0.123 e. The van der Waals surface area contributed by atoms with Crippen LogP contribution in [0.2, 0.25) is 0 Å². The number of rotatable bonds is 3. The van der Waals surface area contributed by atoms with Gasteiger partial charge in [-0.3, -0.25) is 0 Å². The molecule has 1 fully saturated rings. The largest absolute Gasteiger partial charge is 0.307 e. The Kier molecular flexibility index (Phi) is 5.43. The first-order chi connectivity index (χ1) is 9.86. The molecule has 0 saturated heterocycles. The van der Waals surface area contributed by atoms with Crippen molar-refractivity contribution < 1.29 is 4.39 Å². The van der Waals surface area contributed by atoms with Crippen LogP contribution in [-0.4, -0.2) is 6.04 Å². The summed E-state index contributed by atoms with van der Waals surface area (Å²) in [5, 5.41) is 3.74. The molecule has 1 aliphatic rings. The van der Waals surface area contributed by atoms with E-state index in [1.54, 1.807) is 12.1 Å². The Hall–Kier alpha value is -0.890. The molecule has 1 saturated carbocycles. The molecule has 0 amide bonds. The lowest BCUT2D eigenvalue weighted by Crippen LogP contribution is -2.31. The van der Waals surface area contributed by atoms with Gasteiger partial charge < -0.3 is 5.32 Å². The number of halogens is 1. The Morgan fingerprint density at radius 1 is 1.05 bits per heavy atom. The van der Waals surface area contributed by atoms with Gasteiger partial charge in [0.05, 0.1) is 0 Å². The molecule has 1 aromatic rings. The van der Waals surface area contributed by atoms with Crippen molar-refractivity contribution in [2.75, 3.05) is 0 Å². The van der Waals surface area contributed by atoms with Crippen molar-refractivity contribution in [3.05, 3.63) is 35.6 Å². The average Bonchev–Trinajstić information content (AvgIpc) is 2.64. The molecule has 2 heteroatoms. The van der Waals surface area contributed by atoms with Gasteiger partial charge in [0.25, 0.3) is 0 Å². The molecule has 21 heavy (non-hydrogen) atoms. The van der Waals surface area contributed by atoms with Crippen LogP contribution in [0.15, 0.2) is 24.3 Å². The fourth-order valence-electron chi connectivity index (χ4n) is 3.54. The lowest BCUT2D eigenvalue weighted by Gasteiger charge is -2.30. The number of hydrogen-bond donors (Lipinski definition) is 1. The van der Waals surface area contributed by atoms with Crippen molar-refractivity contribution >= 4 is 0 Å². The van der Waals surface area contributed by atoms with Crippen LogP contribution in [-0.2, 0) is 0 Å². The molecule has 1 aliphatic carbocycles. The van der Waals surface area contributed by atoms with Crippen molar-refractivity contribution in [2.45, 2.75) is 71.9 Å². The van der Waals surface area contributed by atoms with E-state index >= 15 is 0 Å². The summed E-state index contributed by atoms with van der Waals surface area (Å²) in [5.74, 6) is 0.680. The summed E-state index contributed by atoms with van der Waals surface area (Å²) in [7, 11) is 0. The molecule has 0 spiro atoms. The first-order valence-electron chi connectivity index (χ1n) is 8.38. The maximum absolute atomic E-state index is 13.0. The van der Waals surface area contributed by atoms with Crippen LogP contribution in [0.3, 0.4) is 0 Å². The zero-order valence-corrected chi connectivity index (χ0v) is 14.0. The summed E-state index contributed by atoms with van der Waals surface area (Å²) >= 11 is 0. The van der Waals surface area contributed by atoms with E-state index in [0.29, 0.717) is 17.5 Å². The third-order valence-corrected chi connectivity index (χ3v) is 5.05. The van der Waals surface area contributed by atoms with E-state index in [2.05, 4.69) is 33.0 Å². The predicted molar refractivity (Wildman–Crippen MR) is 87.8 cm³/mol. The summed E-state index contributed by atoms with van der Waals surface area (Å²) < 4.78 is 13.0. The Bertz CT molecular complexity index is 432. The molecule has 0 aromatic heterocycles. The quantitative estimate of drug-likeness (QED) is 0.728. The van der Waals surface area contributed by atoms with Gasteiger partial charge >= 0.3 is 0 Å². The zero-order chi connectivity index (χ0) is 15.5. The summed E-state index contributed by atoms with van der Waals surface area (Å²) in [6.07, 6.45) is 6.51. The van der Waals surface area contributed by atoms with E-state index in [-0.39, 0.29) is 5.82 Å². The molecule has 1 aromatic carbocycles. The highest BCUT2D eigenvalue weighted by molar-refractivity contribution is 5.19. The van der Waals surface area contributed by atoms with Crippen LogP contribution >= 0.6 is 0 Å². The molecule has 1 nitrogen and oxygen atoms in total. The molecule has 0 aliphatic heterocycles. The van der Waals surface area contributed by atoms with Crippen LogP contribution in [0.5, 0.6) is 0 Å². The van der Waals surface area contributed by atoms with E-state index in [1.165, 1.54) is 37.7 Å². The molecular weight excluding hydrogens is 261 g/mol. The normalized spacial score (nSPS) is 25.4. The fourth-order valence-corrected chi connectivity index (χ4v) is 3.54. The summed E-state index contributed by atoms with van der Waals surface area (Å²) in [6, 6.07) is 7.77. The van der Waals surface area contributed by atoms with Gasteiger partial charge in [-0.2, -0.15) is 0 Å². The lowest BCUT2D eigenvalue weighted by molar-refractivity contribution is 0.213. The first kappa shape index (κ1) is 16.5. The van der Waals surface area contributed by atoms with Crippen molar-refractivity contribution in [3.63, 3.8) is 0 Å². The van der Waals surface area contributed by atoms with Gasteiger partial charge in [-0.15, -0.1) is 0 Å².